The van der Waals surface area contributed by atoms with Crippen LogP contribution in [0.4, 0.5) is 4.79 Å². The van der Waals surface area contributed by atoms with Crippen molar-refractivity contribution in [2.75, 3.05) is 7.05 Å². The first-order chi connectivity index (χ1) is 9.58. The lowest BCUT2D eigenvalue weighted by Crippen LogP contribution is -2.44. The van der Waals surface area contributed by atoms with Gasteiger partial charge in [-0.1, -0.05) is 43.0 Å². The lowest BCUT2D eigenvalue weighted by Gasteiger charge is -2.31. The number of aryl methyl sites for hydroxylation is 2. The zero-order valence-corrected chi connectivity index (χ0v) is 12.9. The van der Waals surface area contributed by atoms with E-state index in [1.54, 1.807) is 0 Å². The standard InChI is InChI=1S/C17H26N2O/c1-13-9-10-15(14(2)11-13)12-18-17(20)19(3)16-7-5-4-6-8-16/h9-11,16H,4-8,12H2,1-3H3,(H,18,20). The molecular weight excluding hydrogens is 248 g/mol. The summed E-state index contributed by atoms with van der Waals surface area (Å²) >= 11 is 0. The lowest BCUT2D eigenvalue weighted by atomic mass is 9.95. The van der Waals surface area contributed by atoms with Gasteiger partial charge in [0.05, 0.1) is 0 Å². The molecule has 20 heavy (non-hydrogen) atoms. The van der Waals surface area contributed by atoms with Gasteiger partial charge >= 0.3 is 6.03 Å². The molecule has 0 aliphatic heterocycles. The van der Waals surface area contributed by atoms with Gasteiger partial charge in [-0.2, -0.15) is 0 Å². The quantitative estimate of drug-likeness (QED) is 0.894. The normalized spacial score (nSPS) is 15.9. The van der Waals surface area contributed by atoms with E-state index in [1.807, 2.05) is 11.9 Å². The molecule has 0 heterocycles. The number of amides is 2. The van der Waals surface area contributed by atoms with Crippen molar-refractivity contribution in [3.63, 3.8) is 0 Å². The third kappa shape index (κ3) is 3.75. The molecule has 0 saturated heterocycles. The summed E-state index contributed by atoms with van der Waals surface area (Å²) in [6.45, 7) is 4.80. The second-order valence-electron chi connectivity index (χ2n) is 5.99. The summed E-state index contributed by atoms with van der Waals surface area (Å²) in [6.07, 6.45) is 6.11. The summed E-state index contributed by atoms with van der Waals surface area (Å²) in [5.41, 5.74) is 3.70. The number of carbonyl (C=O) groups excluding carboxylic acids is 1. The number of urea groups is 1. The molecule has 110 valence electrons. The van der Waals surface area contributed by atoms with Gasteiger partial charge in [-0.25, -0.2) is 4.79 Å². The maximum atomic E-state index is 12.2. The molecular formula is C17H26N2O. The van der Waals surface area contributed by atoms with E-state index < -0.39 is 0 Å². The summed E-state index contributed by atoms with van der Waals surface area (Å²) in [5.74, 6) is 0. The number of nitrogens with zero attached hydrogens (tertiary/aromatic N) is 1. The minimum atomic E-state index is 0.0527. The fourth-order valence-corrected chi connectivity index (χ4v) is 2.97. The summed E-state index contributed by atoms with van der Waals surface area (Å²) < 4.78 is 0. The predicted octanol–water partition coefficient (Wildman–Crippen LogP) is 3.78. The fraction of sp³-hybridized carbons (Fsp3) is 0.588. The van der Waals surface area contributed by atoms with Crippen LogP contribution < -0.4 is 5.32 Å². The predicted molar refractivity (Wildman–Crippen MR) is 82.8 cm³/mol. The number of carbonyl (C=O) groups is 1. The highest BCUT2D eigenvalue weighted by atomic mass is 16.2. The van der Waals surface area contributed by atoms with Crippen LogP contribution in [0.5, 0.6) is 0 Å². The van der Waals surface area contributed by atoms with Gasteiger partial charge in [-0.15, -0.1) is 0 Å². The van der Waals surface area contributed by atoms with Crippen LogP contribution in [-0.4, -0.2) is 24.0 Å². The highest BCUT2D eigenvalue weighted by Crippen LogP contribution is 2.21. The number of benzene rings is 1. The van der Waals surface area contributed by atoms with Crippen molar-refractivity contribution in [2.24, 2.45) is 0 Å². The minimum Gasteiger partial charge on any atom is -0.334 e. The highest BCUT2D eigenvalue weighted by molar-refractivity contribution is 5.74. The fourth-order valence-electron chi connectivity index (χ4n) is 2.97. The Morgan fingerprint density at radius 1 is 1.25 bits per heavy atom. The summed E-state index contributed by atoms with van der Waals surface area (Å²) in [6, 6.07) is 6.83. The molecule has 0 aromatic heterocycles. The molecule has 1 aromatic rings. The van der Waals surface area contributed by atoms with Gasteiger partial charge in [-0.05, 0) is 37.8 Å². The smallest absolute Gasteiger partial charge is 0.317 e. The maximum Gasteiger partial charge on any atom is 0.317 e. The van der Waals surface area contributed by atoms with E-state index in [0.29, 0.717) is 12.6 Å². The van der Waals surface area contributed by atoms with Gasteiger partial charge in [-0.3, -0.25) is 0 Å². The van der Waals surface area contributed by atoms with E-state index in [4.69, 9.17) is 0 Å². The molecule has 1 aromatic carbocycles. The molecule has 0 atom stereocenters. The van der Waals surface area contributed by atoms with E-state index in [-0.39, 0.29) is 6.03 Å². The molecule has 1 aliphatic carbocycles. The molecule has 3 heteroatoms. The van der Waals surface area contributed by atoms with Crippen molar-refractivity contribution < 1.29 is 4.79 Å². The monoisotopic (exact) mass is 274 g/mol. The Morgan fingerprint density at radius 3 is 2.60 bits per heavy atom. The van der Waals surface area contributed by atoms with E-state index >= 15 is 0 Å². The van der Waals surface area contributed by atoms with Gasteiger partial charge in [0, 0.05) is 19.6 Å². The average molecular weight is 274 g/mol. The van der Waals surface area contributed by atoms with E-state index in [2.05, 4.69) is 37.4 Å². The molecule has 2 rings (SSSR count). The number of rotatable bonds is 3. The lowest BCUT2D eigenvalue weighted by molar-refractivity contribution is 0.173. The Hall–Kier alpha value is -1.51. The first-order valence-electron chi connectivity index (χ1n) is 7.64. The third-order valence-electron chi connectivity index (χ3n) is 4.37. The maximum absolute atomic E-state index is 12.2. The minimum absolute atomic E-state index is 0.0527. The van der Waals surface area contributed by atoms with Crippen LogP contribution in [0.3, 0.4) is 0 Å². The van der Waals surface area contributed by atoms with Crippen LogP contribution in [0.2, 0.25) is 0 Å². The van der Waals surface area contributed by atoms with Crippen molar-refractivity contribution in [3.8, 4) is 0 Å². The Kier molecular flexibility index (Phi) is 5.05. The zero-order chi connectivity index (χ0) is 14.5. The van der Waals surface area contributed by atoms with Gasteiger partial charge in [0.15, 0.2) is 0 Å². The molecule has 2 amide bonds. The van der Waals surface area contributed by atoms with Crippen LogP contribution in [0.15, 0.2) is 18.2 Å². The Morgan fingerprint density at radius 2 is 1.95 bits per heavy atom. The average Bonchev–Trinajstić information content (AvgIpc) is 2.46. The largest absolute Gasteiger partial charge is 0.334 e. The van der Waals surface area contributed by atoms with Crippen molar-refractivity contribution in [1.29, 1.82) is 0 Å². The van der Waals surface area contributed by atoms with Crippen LogP contribution in [0.25, 0.3) is 0 Å². The van der Waals surface area contributed by atoms with Crippen molar-refractivity contribution in [1.82, 2.24) is 10.2 Å². The number of nitrogens with one attached hydrogen (secondary N) is 1. The molecule has 1 saturated carbocycles. The first-order valence-corrected chi connectivity index (χ1v) is 7.64. The van der Waals surface area contributed by atoms with Crippen LogP contribution in [-0.2, 0) is 6.54 Å². The van der Waals surface area contributed by atoms with Crippen molar-refractivity contribution in [3.05, 3.63) is 34.9 Å². The highest BCUT2D eigenvalue weighted by Gasteiger charge is 2.21. The number of hydrogen-bond donors (Lipinski definition) is 1. The molecule has 0 radical (unpaired) electrons. The molecule has 0 bridgehead atoms. The van der Waals surface area contributed by atoms with Gasteiger partial charge in [0.25, 0.3) is 0 Å². The molecule has 0 unspecified atom stereocenters. The van der Waals surface area contributed by atoms with Gasteiger partial charge in [0.2, 0.25) is 0 Å². The van der Waals surface area contributed by atoms with Crippen LogP contribution in [0.1, 0.15) is 48.8 Å². The SMILES string of the molecule is Cc1ccc(CNC(=O)N(C)C2CCCCC2)c(C)c1. The van der Waals surface area contributed by atoms with Crippen molar-refractivity contribution >= 4 is 6.03 Å². The van der Waals surface area contributed by atoms with Gasteiger partial charge < -0.3 is 10.2 Å². The van der Waals surface area contributed by atoms with E-state index in [0.717, 1.165) is 12.8 Å². The second-order valence-corrected chi connectivity index (χ2v) is 5.99. The van der Waals surface area contributed by atoms with Crippen LogP contribution in [0, 0.1) is 13.8 Å². The summed E-state index contributed by atoms with van der Waals surface area (Å²) in [7, 11) is 1.92. The van der Waals surface area contributed by atoms with Crippen LogP contribution >= 0.6 is 0 Å². The van der Waals surface area contributed by atoms with Gasteiger partial charge in [0.1, 0.15) is 0 Å². The summed E-state index contributed by atoms with van der Waals surface area (Å²) in [4.78, 5) is 14.1. The van der Waals surface area contributed by atoms with E-state index in [1.165, 1.54) is 36.0 Å². The molecule has 3 nitrogen and oxygen atoms in total. The molecule has 1 fully saturated rings. The summed E-state index contributed by atoms with van der Waals surface area (Å²) in [5, 5.41) is 3.04. The van der Waals surface area contributed by atoms with Crippen molar-refractivity contribution in [2.45, 2.75) is 58.5 Å². The second kappa shape index (κ2) is 6.78. The molecule has 1 N–H and O–H groups in total. The number of hydrogen-bond acceptors (Lipinski definition) is 1. The zero-order valence-electron chi connectivity index (χ0n) is 12.9. The Labute approximate surface area is 122 Å². The third-order valence-corrected chi connectivity index (χ3v) is 4.37. The topological polar surface area (TPSA) is 32.3 Å². The van der Waals surface area contributed by atoms with E-state index in [9.17, 15) is 4.79 Å². The Balaban J connectivity index is 1.87. The first kappa shape index (κ1) is 14.9. The molecule has 1 aliphatic rings. The Bertz CT molecular complexity index is 464. The molecule has 0 spiro atoms.